The molecule has 0 radical (unpaired) electrons. The van der Waals surface area contributed by atoms with Gasteiger partial charge in [0.2, 0.25) is 0 Å². The van der Waals surface area contributed by atoms with Gasteiger partial charge in [0.05, 0.1) is 17.2 Å². The number of benzene rings is 2. The smallest absolute Gasteiger partial charge is 0.253 e. The van der Waals surface area contributed by atoms with Crippen LogP contribution < -0.4 is 15.4 Å². The lowest BCUT2D eigenvalue weighted by molar-refractivity contribution is 0.0952. The largest absolute Gasteiger partial charge is 0.508 e. The molecule has 1 aliphatic heterocycles. The molecule has 0 spiro atoms. The third-order valence-electron chi connectivity index (χ3n) is 7.63. The van der Waals surface area contributed by atoms with E-state index >= 15 is 0 Å². The predicted molar refractivity (Wildman–Crippen MR) is 168 cm³/mol. The maximum Gasteiger partial charge on any atom is 0.253 e. The molecule has 4 rings (SSSR count). The van der Waals surface area contributed by atoms with Crippen LogP contribution in [0.5, 0.6) is 11.5 Å². The number of para-hydroxylation sites is 1. The molecule has 1 amide bonds. The van der Waals surface area contributed by atoms with Crippen molar-refractivity contribution in [2.75, 3.05) is 26.2 Å². The summed E-state index contributed by atoms with van der Waals surface area (Å²) in [6.45, 7) is 15.3. The van der Waals surface area contributed by atoms with Crippen LogP contribution in [0.25, 0.3) is 10.9 Å². The van der Waals surface area contributed by atoms with Crippen LogP contribution >= 0.6 is 0 Å². The minimum Gasteiger partial charge on any atom is -0.508 e. The summed E-state index contributed by atoms with van der Waals surface area (Å²) in [6, 6.07) is 11.9. The van der Waals surface area contributed by atoms with Gasteiger partial charge in [0.15, 0.2) is 0 Å². The van der Waals surface area contributed by atoms with E-state index in [1.165, 1.54) is 5.57 Å². The van der Waals surface area contributed by atoms with Crippen LogP contribution in [0.4, 0.5) is 0 Å². The number of phenolic OH excluding ortho intramolecular Hbond substituents is 1. The second-order valence-corrected chi connectivity index (χ2v) is 11.3. The molecule has 0 saturated carbocycles. The average molecular weight is 559 g/mol. The molecule has 1 saturated heterocycles. The van der Waals surface area contributed by atoms with Crippen molar-refractivity contribution in [2.45, 2.75) is 72.7 Å². The summed E-state index contributed by atoms with van der Waals surface area (Å²) < 4.78 is 8.33. The Bertz CT molecular complexity index is 1390. The molecule has 41 heavy (non-hydrogen) atoms. The van der Waals surface area contributed by atoms with Crippen LogP contribution in [0.15, 0.2) is 66.4 Å². The second kappa shape index (κ2) is 14.4. The normalized spacial score (nSPS) is 16.3. The van der Waals surface area contributed by atoms with Gasteiger partial charge in [-0.2, -0.15) is 0 Å². The number of allylic oxidation sites excluding steroid dienone is 2. The van der Waals surface area contributed by atoms with Gasteiger partial charge in [0.1, 0.15) is 11.5 Å². The Hall–Kier alpha value is -3.55. The molecule has 2 heterocycles. The Kier molecular flexibility index (Phi) is 10.7. The van der Waals surface area contributed by atoms with Crippen LogP contribution in [0.1, 0.15) is 62.0 Å². The Balaban J connectivity index is 1.41. The lowest BCUT2D eigenvalue weighted by Gasteiger charge is -2.17. The minimum absolute atomic E-state index is 0.0262. The standard InChI is InChI=1S/C34H46N4O3/c1-6-10-26(7-2)21-37-18-15-28(22-37)35-16-9-17-38-23-30(29-11-8-12-32(33(29)38)41-24(3)4)34(40)36-20-27-14-13-25(5)31(39)19-27/h6-8,10-14,19,23-24,28,35,39H,9,15-18,20-22H2,1-5H3,(H,36,40)/b10-6-,26-7+. The number of carbonyl (C=O) groups excluding carboxylic acids is 1. The van der Waals surface area contributed by atoms with Crippen molar-refractivity contribution in [3.05, 3.63) is 83.1 Å². The van der Waals surface area contributed by atoms with Crippen LogP contribution in [-0.4, -0.2) is 58.8 Å². The number of hydrogen-bond acceptors (Lipinski definition) is 5. The van der Waals surface area contributed by atoms with Gasteiger partial charge < -0.3 is 25.0 Å². The van der Waals surface area contributed by atoms with Gasteiger partial charge >= 0.3 is 0 Å². The highest BCUT2D eigenvalue weighted by Crippen LogP contribution is 2.31. The molecule has 3 aromatic rings. The first-order chi connectivity index (χ1) is 19.8. The van der Waals surface area contributed by atoms with Crippen molar-refractivity contribution in [3.63, 3.8) is 0 Å². The summed E-state index contributed by atoms with van der Waals surface area (Å²) in [4.78, 5) is 15.9. The number of phenols is 1. The van der Waals surface area contributed by atoms with E-state index in [0.717, 1.165) is 73.3 Å². The van der Waals surface area contributed by atoms with Crippen molar-refractivity contribution in [1.82, 2.24) is 20.1 Å². The number of rotatable bonds is 13. The number of amides is 1. The third-order valence-corrected chi connectivity index (χ3v) is 7.63. The molecule has 0 bridgehead atoms. The first-order valence-corrected chi connectivity index (χ1v) is 14.9. The molecular formula is C34H46N4O3. The van der Waals surface area contributed by atoms with Crippen LogP contribution in [0, 0.1) is 6.92 Å². The van der Waals surface area contributed by atoms with E-state index in [2.05, 4.69) is 52.2 Å². The number of nitrogens with one attached hydrogen (secondary N) is 2. The number of aromatic nitrogens is 1. The third kappa shape index (κ3) is 8.02. The van der Waals surface area contributed by atoms with Crippen molar-refractivity contribution < 1.29 is 14.6 Å². The van der Waals surface area contributed by atoms with Gasteiger partial charge in [0, 0.05) is 50.3 Å². The zero-order valence-corrected chi connectivity index (χ0v) is 25.2. The first-order valence-electron chi connectivity index (χ1n) is 14.9. The highest BCUT2D eigenvalue weighted by molar-refractivity contribution is 6.08. The highest BCUT2D eigenvalue weighted by atomic mass is 16.5. The Labute approximate surface area is 244 Å². The van der Waals surface area contributed by atoms with Crippen molar-refractivity contribution in [1.29, 1.82) is 0 Å². The molecule has 1 fully saturated rings. The molecule has 0 aliphatic carbocycles. The highest BCUT2D eigenvalue weighted by Gasteiger charge is 2.22. The number of ether oxygens (including phenoxy) is 1. The van der Waals surface area contributed by atoms with E-state index in [1.54, 1.807) is 6.07 Å². The molecule has 1 atom stereocenters. The summed E-state index contributed by atoms with van der Waals surface area (Å²) in [5.74, 6) is 0.886. The lowest BCUT2D eigenvalue weighted by Crippen LogP contribution is -2.34. The van der Waals surface area contributed by atoms with E-state index in [4.69, 9.17) is 4.74 Å². The van der Waals surface area contributed by atoms with Gasteiger partial charge in [-0.3, -0.25) is 9.69 Å². The summed E-state index contributed by atoms with van der Waals surface area (Å²) >= 11 is 0. The van der Waals surface area contributed by atoms with Gasteiger partial charge in [-0.15, -0.1) is 0 Å². The van der Waals surface area contributed by atoms with E-state index in [9.17, 15) is 9.90 Å². The monoisotopic (exact) mass is 558 g/mol. The Morgan fingerprint density at radius 2 is 2.05 bits per heavy atom. The van der Waals surface area contributed by atoms with Crippen LogP contribution in [0.3, 0.4) is 0 Å². The zero-order valence-electron chi connectivity index (χ0n) is 25.2. The number of aryl methyl sites for hydroxylation is 2. The van der Waals surface area contributed by atoms with E-state index < -0.39 is 0 Å². The molecule has 2 aromatic carbocycles. The molecule has 1 unspecified atom stereocenters. The summed E-state index contributed by atoms with van der Waals surface area (Å²) in [5.41, 5.74) is 4.62. The van der Waals surface area contributed by atoms with E-state index in [-0.39, 0.29) is 17.8 Å². The fourth-order valence-electron chi connectivity index (χ4n) is 5.49. The molecule has 1 aliphatic rings. The number of nitrogens with zero attached hydrogens (tertiary/aromatic N) is 2. The predicted octanol–water partition coefficient (Wildman–Crippen LogP) is 5.95. The summed E-state index contributed by atoms with van der Waals surface area (Å²) in [7, 11) is 0. The van der Waals surface area contributed by atoms with Crippen LogP contribution in [-0.2, 0) is 13.1 Å². The first kappa shape index (κ1) is 30.4. The number of likely N-dealkylation sites (tertiary alicyclic amines) is 1. The van der Waals surface area contributed by atoms with Crippen molar-refractivity contribution in [3.8, 4) is 11.5 Å². The van der Waals surface area contributed by atoms with Gasteiger partial charge in [0.25, 0.3) is 5.91 Å². The quantitative estimate of drug-likeness (QED) is 0.179. The zero-order chi connectivity index (χ0) is 29.4. The second-order valence-electron chi connectivity index (χ2n) is 11.3. The fourth-order valence-corrected chi connectivity index (χ4v) is 5.49. The number of carbonyl (C=O) groups is 1. The van der Waals surface area contributed by atoms with Crippen LogP contribution in [0.2, 0.25) is 0 Å². The maximum atomic E-state index is 13.4. The van der Waals surface area contributed by atoms with Gasteiger partial charge in [-0.25, -0.2) is 0 Å². The van der Waals surface area contributed by atoms with Gasteiger partial charge in [-0.05, 0) is 82.8 Å². The van der Waals surface area contributed by atoms with Crippen molar-refractivity contribution in [2.24, 2.45) is 0 Å². The molecule has 7 nitrogen and oxygen atoms in total. The molecule has 220 valence electrons. The Morgan fingerprint density at radius 1 is 1.22 bits per heavy atom. The SMILES string of the molecule is C/C=C\C(=C/C)CN1CCC(NCCCn2cc(C(=O)NCc3ccc(C)c(O)c3)c3cccc(OC(C)C)c32)C1. The molecule has 1 aromatic heterocycles. The molecule has 3 N–H and O–H groups in total. The summed E-state index contributed by atoms with van der Waals surface area (Å²) in [6.07, 6.45) is 10.6. The molecular weight excluding hydrogens is 512 g/mol. The number of fused-ring (bicyclic) bond motifs is 1. The fraction of sp³-hybridized carbons (Fsp3) is 0.441. The topological polar surface area (TPSA) is 78.8 Å². The average Bonchev–Trinajstić information content (AvgIpc) is 3.56. The number of hydrogen-bond donors (Lipinski definition) is 3. The summed E-state index contributed by atoms with van der Waals surface area (Å²) in [5, 5.41) is 17.7. The van der Waals surface area contributed by atoms with Crippen molar-refractivity contribution >= 4 is 16.8 Å². The van der Waals surface area contributed by atoms with Gasteiger partial charge in [-0.1, -0.05) is 42.5 Å². The maximum absolute atomic E-state index is 13.4. The Morgan fingerprint density at radius 3 is 2.78 bits per heavy atom. The van der Waals surface area contributed by atoms with E-state index in [0.29, 0.717) is 18.2 Å². The number of aromatic hydroxyl groups is 1. The van der Waals surface area contributed by atoms with E-state index in [1.807, 2.05) is 57.3 Å². The lowest BCUT2D eigenvalue weighted by atomic mass is 10.1. The minimum atomic E-state index is -0.141. The molecule has 7 heteroatoms.